The minimum Gasteiger partial charge on any atom is -0.380 e. The SMILES string of the molecule is OC(CCCl)(c1ccccc1)c1ccccc1C(F)(F)F. The number of rotatable bonds is 4. The molecule has 1 N–H and O–H groups in total. The van der Waals surface area contributed by atoms with Crippen LogP contribution in [-0.4, -0.2) is 11.0 Å². The molecule has 1 atom stereocenters. The van der Waals surface area contributed by atoms with Gasteiger partial charge in [-0.05, 0) is 18.1 Å². The Morgan fingerprint density at radius 3 is 1.90 bits per heavy atom. The van der Waals surface area contributed by atoms with Crippen molar-refractivity contribution in [2.75, 3.05) is 5.88 Å². The number of halogens is 4. The Hall–Kier alpha value is -1.52. The Balaban J connectivity index is 2.65. The first kappa shape index (κ1) is 15.9. The maximum Gasteiger partial charge on any atom is 0.416 e. The molecule has 0 fully saturated rings. The lowest BCUT2D eigenvalue weighted by atomic mass is 9.81. The predicted octanol–water partition coefficient (Wildman–Crippen LogP) is 4.57. The Bertz CT molecular complexity index is 598. The summed E-state index contributed by atoms with van der Waals surface area (Å²) in [6.45, 7) is 0. The van der Waals surface area contributed by atoms with Crippen molar-refractivity contribution < 1.29 is 18.3 Å². The Labute approximate surface area is 126 Å². The first-order valence-electron chi connectivity index (χ1n) is 6.40. The predicted molar refractivity (Wildman–Crippen MR) is 76.2 cm³/mol. The lowest BCUT2D eigenvalue weighted by molar-refractivity contribution is -0.140. The molecular formula is C16H14ClF3O. The van der Waals surface area contributed by atoms with Crippen LogP contribution in [0.5, 0.6) is 0 Å². The van der Waals surface area contributed by atoms with Crippen molar-refractivity contribution in [1.29, 1.82) is 0 Å². The van der Waals surface area contributed by atoms with Crippen molar-refractivity contribution >= 4 is 11.6 Å². The summed E-state index contributed by atoms with van der Waals surface area (Å²) in [5, 5.41) is 10.9. The van der Waals surface area contributed by atoms with E-state index in [0.717, 1.165) is 6.07 Å². The Morgan fingerprint density at radius 2 is 1.38 bits per heavy atom. The highest BCUT2D eigenvalue weighted by Crippen LogP contribution is 2.41. The molecule has 1 unspecified atom stereocenters. The highest BCUT2D eigenvalue weighted by molar-refractivity contribution is 6.17. The molecule has 0 amide bonds. The van der Waals surface area contributed by atoms with Gasteiger partial charge in [0.2, 0.25) is 0 Å². The topological polar surface area (TPSA) is 20.2 Å². The second kappa shape index (κ2) is 6.08. The number of hydrogen-bond donors (Lipinski definition) is 1. The van der Waals surface area contributed by atoms with Crippen LogP contribution < -0.4 is 0 Å². The minimum absolute atomic E-state index is 0.00827. The summed E-state index contributed by atoms with van der Waals surface area (Å²) in [6, 6.07) is 13.3. The van der Waals surface area contributed by atoms with Crippen molar-refractivity contribution in [3.8, 4) is 0 Å². The zero-order valence-electron chi connectivity index (χ0n) is 11.1. The number of benzene rings is 2. The van der Waals surface area contributed by atoms with Crippen molar-refractivity contribution in [3.63, 3.8) is 0 Å². The third-order valence-electron chi connectivity index (χ3n) is 3.39. The third kappa shape index (κ3) is 3.22. The van der Waals surface area contributed by atoms with Crippen LogP contribution in [-0.2, 0) is 11.8 Å². The van der Waals surface area contributed by atoms with Gasteiger partial charge in [-0.15, -0.1) is 11.6 Å². The van der Waals surface area contributed by atoms with Crippen LogP contribution in [0.25, 0.3) is 0 Å². The van der Waals surface area contributed by atoms with Crippen LogP contribution in [0.15, 0.2) is 54.6 Å². The van der Waals surface area contributed by atoms with E-state index in [0.29, 0.717) is 5.56 Å². The van der Waals surface area contributed by atoms with E-state index >= 15 is 0 Å². The standard InChI is InChI=1S/C16H14ClF3O/c17-11-10-15(21,12-6-2-1-3-7-12)13-8-4-5-9-14(13)16(18,19)20/h1-9,21H,10-11H2. The molecule has 2 rings (SSSR count). The molecule has 0 heterocycles. The highest BCUT2D eigenvalue weighted by Gasteiger charge is 2.41. The van der Waals surface area contributed by atoms with E-state index in [4.69, 9.17) is 11.6 Å². The van der Waals surface area contributed by atoms with Gasteiger partial charge in [0, 0.05) is 11.4 Å². The fourth-order valence-corrected chi connectivity index (χ4v) is 2.65. The maximum atomic E-state index is 13.2. The summed E-state index contributed by atoms with van der Waals surface area (Å²) < 4.78 is 39.6. The Morgan fingerprint density at radius 1 is 0.857 bits per heavy atom. The zero-order chi connectivity index (χ0) is 15.5. The smallest absolute Gasteiger partial charge is 0.380 e. The van der Waals surface area contributed by atoms with E-state index in [1.54, 1.807) is 30.3 Å². The normalized spacial score (nSPS) is 14.7. The quantitative estimate of drug-likeness (QED) is 0.820. The van der Waals surface area contributed by atoms with Crippen molar-refractivity contribution in [3.05, 3.63) is 71.3 Å². The van der Waals surface area contributed by atoms with E-state index in [2.05, 4.69) is 0 Å². The molecule has 21 heavy (non-hydrogen) atoms. The van der Waals surface area contributed by atoms with E-state index in [1.165, 1.54) is 18.2 Å². The zero-order valence-corrected chi connectivity index (χ0v) is 11.8. The summed E-state index contributed by atoms with van der Waals surface area (Å²) in [5.41, 5.74) is -2.40. The van der Waals surface area contributed by atoms with E-state index in [-0.39, 0.29) is 17.9 Å². The average molecular weight is 315 g/mol. The fourth-order valence-electron chi connectivity index (χ4n) is 2.38. The largest absolute Gasteiger partial charge is 0.416 e. The van der Waals surface area contributed by atoms with Crippen molar-refractivity contribution in [2.45, 2.75) is 18.2 Å². The van der Waals surface area contributed by atoms with Gasteiger partial charge in [-0.2, -0.15) is 13.2 Å². The van der Waals surface area contributed by atoms with Gasteiger partial charge >= 0.3 is 6.18 Å². The molecule has 0 aliphatic heterocycles. The van der Waals surface area contributed by atoms with Gasteiger partial charge in [0.25, 0.3) is 0 Å². The average Bonchev–Trinajstić information content (AvgIpc) is 2.47. The molecule has 2 aromatic carbocycles. The molecule has 1 nitrogen and oxygen atoms in total. The van der Waals surface area contributed by atoms with Crippen LogP contribution in [0.2, 0.25) is 0 Å². The molecule has 0 aliphatic carbocycles. The number of aliphatic hydroxyl groups is 1. The molecule has 0 spiro atoms. The fraction of sp³-hybridized carbons (Fsp3) is 0.250. The molecular weight excluding hydrogens is 301 g/mol. The molecule has 0 aromatic heterocycles. The molecule has 0 saturated carbocycles. The highest BCUT2D eigenvalue weighted by atomic mass is 35.5. The van der Waals surface area contributed by atoms with Crippen molar-refractivity contribution in [1.82, 2.24) is 0 Å². The molecule has 112 valence electrons. The summed E-state index contributed by atoms with van der Waals surface area (Å²) >= 11 is 5.71. The van der Waals surface area contributed by atoms with Crippen molar-refractivity contribution in [2.24, 2.45) is 0 Å². The first-order chi connectivity index (χ1) is 9.89. The van der Waals surface area contributed by atoms with Gasteiger partial charge in [0.1, 0.15) is 5.60 Å². The molecule has 0 aliphatic rings. The van der Waals surface area contributed by atoms with Gasteiger partial charge in [-0.3, -0.25) is 0 Å². The van der Waals surface area contributed by atoms with Crippen LogP contribution in [0, 0.1) is 0 Å². The number of hydrogen-bond acceptors (Lipinski definition) is 1. The lowest BCUT2D eigenvalue weighted by Crippen LogP contribution is -2.31. The molecule has 5 heteroatoms. The Kier molecular flexibility index (Phi) is 4.59. The third-order valence-corrected chi connectivity index (χ3v) is 3.57. The molecule has 0 radical (unpaired) electrons. The van der Waals surface area contributed by atoms with E-state index in [9.17, 15) is 18.3 Å². The second-order valence-corrected chi connectivity index (χ2v) is 5.09. The summed E-state index contributed by atoms with van der Waals surface area (Å²) in [4.78, 5) is 0. The van der Waals surface area contributed by atoms with E-state index in [1.807, 2.05) is 0 Å². The van der Waals surface area contributed by atoms with Crippen LogP contribution >= 0.6 is 11.6 Å². The van der Waals surface area contributed by atoms with Crippen LogP contribution in [0.1, 0.15) is 23.1 Å². The van der Waals surface area contributed by atoms with Crippen LogP contribution in [0.4, 0.5) is 13.2 Å². The monoisotopic (exact) mass is 314 g/mol. The molecule has 2 aromatic rings. The van der Waals surface area contributed by atoms with Gasteiger partial charge in [-0.25, -0.2) is 0 Å². The summed E-state index contributed by atoms with van der Waals surface area (Å²) in [7, 11) is 0. The second-order valence-electron chi connectivity index (χ2n) is 4.71. The lowest BCUT2D eigenvalue weighted by Gasteiger charge is -2.31. The maximum absolute atomic E-state index is 13.2. The van der Waals surface area contributed by atoms with Gasteiger partial charge < -0.3 is 5.11 Å². The van der Waals surface area contributed by atoms with Crippen LogP contribution in [0.3, 0.4) is 0 Å². The minimum atomic E-state index is -4.54. The molecule has 0 bridgehead atoms. The number of alkyl halides is 4. The van der Waals surface area contributed by atoms with Gasteiger partial charge in [-0.1, -0.05) is 48.5 Å². The van der Waals surface area contributed by atoms with Gasteiger partial charge in [0.15, 0.2) is 0 Å². The summed E-state index contributed by atoms with van der Waals surface area (Å²) in [6.07, 6.45) is -4.54. The molecule has 0 saturated heterocycles. The van der Waals surface area contributed by atoms with Gasteiger partial charge in [0.05, 0.1) is 5.56 Å². The van der Waals surface area contributed by atoms with E-state index < -0.39 is 17.3 Å². The first-order valence-corrected chi connectivity index (χ1v) is 6.93. The summed E-state index contributed by atoms with van der Waals surface area (Å²) in [5.74, 6) is 0.0393.